The second kappa shape index (κ2) is 7.48. The molecule has 0 unspecified atom stereocenters. The quantitative estimate of drug-likeness (QED) is 0.447. The molecule has 27 heavy (non-hydrogen) atoms. The smallest absolute Gasteiger partial charge is 0.270 e. The molecule has 140 valence electrons. The molecule has 0 amide bonds. The van der Waals surface area contributed by atoms with Gasteiger partial charge in [0, 0.05) is 23.6 Å². The zero-order valence-electron chi connectivity index (χ0n) is 15.4. The van der Waals surface area contributed by atoms with E-state index in [4.69, 9.17) is 4.74 Å². The number of benzene rings is 2. The predicted octanol–water partition coefficient (Wildman–Crippen LogP) is 5.10. The van der Waals surface area contributed by atoms with Gasteiger partial charge in [0.2, 0.25) is 0 Å². The van der Waals surface area contributed by atoms with Crippen molar-refractivity contribution in [3.8, 4) is 5.75 Å². The van der Waals surface area contributed by atoms with E-state index in [0.29, 0.717) is 17.4 Å². The molecule has 8 heteroatoms. The van der Waals surface area contributed by atoms with Gasteiger partial charge in [-0.15, -0.1) is 0 Å². The normalized spacial score (nSPS) is 12.0. The summed E-state index contributed by atoms with van der Waals surface area (Å²) in [4.78, 5) is 19.8. The van der Waals surface area contributed by atoms with E-state index < -0.39 is 0 Å². The first-order valence-corrected chi connectivity index (χ1v) is 9.12. The number of aryl methyl sites for hydroxylation is 2. The van der Waals surface area contributed by atoms with Crippen LogP contribution in [0, 0.1) is 24.0 Å². The fourth-order valence-electron chi connectivity index (χ4n) is 2.95. The Labute approximate surface area is 165 Å². The molecule has 0 spiro atoms. The maximum Gasteiger partial charge on any atom is 0.270 e. The zero-order chi connectivity index (χ0) is 19.7. The third-order valence-corrected chi connectivity index (χ3v) is 4.85. The van der Waals surface area contributed by atoms with Crippen LogP contribution in [0.4, 0.5) is 11.5 Å². The van der Waals surface area contributed by atoms with Gasteiger partial charge >= 0.3 is 0 Å². The van der Waals surface area contributed by atoms with Gasteiger partial charge in [-0.3, -0.25) is 10.1 Å². The fourth-order valence-corrected chi connectivity index (χ4v) is 3.45. The number of nitrogens with zero attached hydrogens (tertiary/aromatic N) is 3. The number of nitro groups is 1. The molecule has 1 heterocycles. The molecular formula is C19H19BrN4O3. The number of fused-ring (bicyclic) bond motifs is 1. The molecule has 3 aromatic rings. The summed E-state index contributed by atoms with van der Waals surface area (Å²) in [5.74, 6) is 1.98. The van der Waals surface area contributed by atoms with E-state index in [9.17, 15) is 10.1 Å². The van der Waals surface area contributed by atoms with Crippen LogP contribution in [0.15, 0.2) is 34.8 Å². The molecule has 7 nitrogen and oxygen atoms in total. The van der Waals surface area contributed by atoms with Crippen molar-refractivity contribution in [1.29, 1.82) is 0 Å². The van der Waals surface area contributed by atoms with E-state index in [1.165, 1.54) is 0 Å². The Kier molecular flexibility index (Phi) is 5.27. The molecule has 0 radical (unpaired) electrons. The SMILES string of the molecule is COc1cc2nc(C)nc(N[C@H](C)c3cc(C)cc([N+](=O)[O-])c3)c2cc1Br. The number of hydrogen-bond donors (Lipinski definition) is 1. The van der Waals surface area contributed by atoms with Crippen LogP contribution < -0.4 is 10.1 Å². The van der Waals surface area contributed by atoms with Gasteiger partial charge in [-0.25, -0.2) is 9.97 Å². The minimum atomic E-state index is -0.378. The van der Waals surface area contributed by atoms with Gasteiger partial charge in [-0.05, 0) is 53.9 Å². The van der Waals surface area contributed by atoms with Gasteiger partial charge in [0.15, 0.2) is 0 Å². The second-order valence-electron chi connectivity index (χ2n) is 6.35. The minimum absolute atomic E-state index is 0.0786. The predicted molar refractivity (Wildman–Crippen MR) is 108 cm³/mol. The van der Waals surface area contributed by atoms with Crippen LogP contribution in [0.2, 0.25) is 0 Å². The van der Waals surface area contributed by atoms with Gasteiger partial charge in [0.1, 0.15) is 17.4 Å². The number of anilines is 1. The van der Waals surface area contributed by atoms with E-state index in [2.05, 4.69) is 31.2 Å². The highest BCUT2D eigenvalue weighted by molar-refractivity contribution is 9.10. The number of aromatic nitrogens is 2. The third kappa shape index (κ3) is 4.00. The Balaban J connectivity index is 2.03. The Bertz CT molecular complexity index is 1040. The number of nitro benzene ring substituents is 1. The third-order valence-electron chi connectivity index (χ3n) is 4.23. The highest BCUT2D eigenvalue weighted by atomic mass is 79.9. The van der Waals surface area contributed by atoms with Gasteiger partial charge < -0.3 is 10.1 Å². The molecule has 1 N–H and O–H groups in total. The van der Waals surface area contributed by atoms with Crippen LogP contribution in [0.3, 0.4) is 0 Å². The van der Waals surface area contributed by atoms with Gasteiger partial charge in [-0.2, -0.15) is 0 Å². The van der Waals surface area contributed by atoms with Crippen molar-refractivity contribution in [1.82, 2.24) is 9.97 Å². The first-order chi connectivity index (χ1) is 12.8. The van der Waals surface area contributed by atoms with E-state index in [0.717, 1.165) is 26.5 Å². The summed E-state index contributed by atoms with van der Waals surface area (Å²) in [6.07, 6.45) is 0. The van der Waals surface area contributed by atoms with Crippen LogP contribution in [0.1, 0.15) is 29.9 Å². The van der Waals surface area contributed by atoms with Crippen molar-refractivity contribution in [3.05, 3.63) is 61.9 Å². The number of non-ortho nitro benzene ring substituents is 1. The van der Waals surface area contributed by atoms with Crippen LogP contribution in [0.5, 0.6) is 5.75 Å². The summed E-state index contributed by atoms with van der Waals surface area (Å²) in [5, 5.41) is 15.4. The lowest BCUT2D eigenvalue weighted by Gasteiger charge is -2.18. The van der Waals surface area contributed by atoms with Crippen molar-refractivity contribution < 1.29 is 9.66 Å². The summed E-state index contributed by atoms with van der Waals surface area (Å²) in [6.45, 7) is 5.61. The molecule has 0 saturated heterocycles. The van der Waals surface area contributed by atoms with Crippen molar-refractivity contribution in [2.24, 2.45) is 0 Å². The molecule has 2 aromatic carbocycles. The van der Waals surface area contributed by atoms with Crippen LogP contribution in [-0.2, 0) is 0 Å². The van der Waals surface area contributed by atoms with Crippen molar-refractivity contribution in [2.45, 2.75) is 26.8 Å². The van der Waals surface area contributed by atoms with E-state index >= 15 is 0 Å². The summed E-state index contributed by atoms with van der Waals surface area (Å²) in [7, 11) is 1.60. The fraction of sp³-hybridized carbons (Fsp3) is 0.263. The lowest BCUT2D eigenvalue weighted by Crippen LogP contribution is -2.10. The summed E-state index contributed by atoms with van der Waals surface area (Å²) in [6, 6.07) is 8.65. The first kappa shape index (κ1) is 19.0. The maximum atomic E-state index is 11.2. The molecule has 1 atom stereocenters. The van der Waals surface area contributed by atoms with E-state index in [1.54, 1.807) is 19.2 Å². The number of nitrogens with one attached hydrogen (secondary N) is 1. The Hall–Kier alpha value is -2.74. The molecule has 0 aliphatic carbocycles. The highest BCUT2D eigenvalue weighted by Crippen LogP contribution is 2.33. The van der Waals surface area contributed by atoms with Gasteiger partial charge in [0.25, 0.3) is 5.69 Å². The van der Waals surface area contributed by atoms with Crippen LogP contribution in [-0.4, -0.2) is 22.0 Å². The molecule has 0 aliphatic heterocycles. The van der Waals surface area contributed by atoms with E-state index in [1.807, 2.05) is 39.0 Å². The first-order valence-electron chi connectivity index (χ1n) is 8.33. The number of methoxy groups -OCH3 is 1. The Morgan fingerprint density at radius 2 is 1.93 bits per heavy atom. The number of hydrogen-bond acceptors (Lipinski definition) is 6. The average molecular weight is 431 g/mol. The summed E-state index contributed by atoms with van der Waals surface area (Å²) >= 11 is 3.49. The maximum absolute atomic E-state index is 11.2. The molecule has 0 saturated carbocycles. The summed E-state index contributed by atoms with van der Waals surface area (Å²) in [5.41, 5.74) is 2.49. The second-order valence-corrected chi connectivity index (χ2v) is 7.20. The van der Waals surface area contributed by atoms with Crippen molar-refractivity contribution >= 4 is 38.3 Å². The summed E-state index contributed by atoms with van der Waals surface area (Å²) < 4.78 is 6.14. The molecule has 1 aromatic heterocycles. The van der Waals surface area contributed by atoms with Crippen LogP contribution in [0.25, 0.3) is 10.9 Å². The molecule has 0 bridgehead atoms. The lowest BCUT2D eigenvalue weighted by atomic mass is 10.0. The standard InChI is InChI=1S/C19H19BrN4O3/c1-10-5-13(7-14(6-10)24(25)26)11(2)21-19-15-8-16(20)18(27-4)9-17(15)22-12(3)23-19/h5-9,11H,1-4H3,(H,21,22,23)/t11-/m1/s1. The van der Waals surface area contributed by atoms with Crippen molar-refractivity contribution in [3.63, 3.8) is 0 Å². The number of halogens is 1. The topological polar surface area (TPSA) is 90.2 Å². The average Bonchev–Trinajstić information content (AvgIpc) is 2.61. The lowest BCUT2D eigenvalue weighted by molar-refractivity contribution is -0.385. The zero-order valence-corrected chi connectivity index (χ0v) is 17.0. The number of ether oxygens (including phenoxy) is 1. The minimum Gasteiger partial charge on any atom is -0.495 e. The molecular weight excluding hydrogens is 412 g/mol. The monoisotopic (exact) mass is 430 g/mol. The van der Waals surface area contributed by atoms with E-state index in [-0.39, 0.29) is 16.7 Å². The van der Waals surface area contributed by atoms with Crippen LogP contribution >= 0.6 is 15.9 Å². The van der Waals surface area contributed by atoms with Crippen molar-refractivity contribution in [2.75, 3.05) is 12.4 Å². The van der Waals surface area contributed by atoms with Gasteiger partial charge in [0.05, 0.1) is 28.1 Å². The molecule has 0 aliphatic rings. The highest BCUT2D eigenvalue weighted by Gasteiger charge is 2.16. The van der Waals surface area contributed by atoms with Gasteiger partial charge in [-0.1, -0.05) is 6.07 Å². The molecule has 3 rings (SSSR count). The largest absolute Gasteiger partial charge is 0.495 e. The Morgan fingerprint density at radius 3 is 2.59 bits per heavy atom. The Morgan fingerprint density at radius 1 is 1.19 bits per heavy atom. The number of rotatable bonds is 5. The molecule has 0 fully saturated rings.